The van der Waals surface area contributed by atoms with Crippen LogP contribution in [0, 0.1) is 5.92 Å². The Labute approximate surface area is 404 Å². The quantitative estimate of drug-likeness (QED) is 0.0835. The largest absolute Gasteiger partial charge is 0.497 e. The molecular weight excluding hydrogens is 929 g/mol. The molecule has 5 heterocycles. The number of nitrogens with one attached hydrogen (secondary N) is 4. The second kappa shape index (κ2) is 21.0. The predicted molar refractivity (Wildman–Crippen MR) is 261 cm³/mol. The van der Waals surface area contributed by atoms with Gasteiger partial charge in [0.25, 0.3) is 10.0 Å². The fraction of sp³-hybridized carbons (Fsp3) is 0.500. The zero-order chi connectivity index (χ0) is 48.2. The third-order valence-corrected chi connectivity index (χ3v) is 17.0. The van der Waals surface area contributed by atoms with Crippen molar-refractivity contribution >= 4 is 72.5 Å². The van der Waals surface area contributed by atoms with Gasteiger partial charge in [-0.3, -0.25) is 9.59 Å². The SMILES string of the molecule is COc1ccc2c(O[C@@H]3C[C@H]4C(=O)N[C@]5(C(=O)O)CC5/C=C\CCCCC[C@H](NC(=O)NC(CN(C)S(=O)(=O)c5cccs5)=C5CCCCC5)C(=O)N4C3)cc(-c3csc(NC(C)C)n3)nc2c1. The Morgan fingerprint density at radius 2 is 1.84 bits per heavy atom. The van der Waals surface area contributed by atoms with E-state index in [-0.39, 0.29) is 42.6 Å². The number of urea groups is 1. The topological polar surface area (TPSA) is 221 Å². The Hall–Kier alpha value is -5.57. The van der Waals surface area contributed by atoms with E-state index < -0.39 is 63.5 Å². The number of benzene rings is 1. The lowest BCUT2D eigenvalue weighted by Gasteiger charge is -2.30. The number of carboxylic acids is 1. The summed E-state index contributed by atoms with van der Waals surface area (Å²) >= 11 is 2.57. The number of thiophene rings is 1. The van der Waals surface area contributed by atoms with Crippen molar-refractivity contribution in [2.45, 2.75) is 125 Å². The van der Waals surface area contributed by atoms with E-state index in [2.05, 4.69) is 21.3 Å². The Morgan fingerprint density at radius 3 is 2.57 bits per heavy atom. The number of nitrogens with zero attached hydrogens (tertiary/aromatic N) is 4. The summed E-state index contributed by atoms with van der Waals surface area (Å²) in [4.78, 5) is 67.6. The van der Waals surface area contributed by atoms with E-state index in [1.165, 1.54) is 27.6 Å². The highest BCUT2D eigenvalue weighted by molar-refractivity contribution is 7.91. The van der Waals surface area contributed by atoms with Crippen molar-refractivity contribution in [2.75, 3.05) is 32.6 Å². The molecule has 1 aromatic carbocycles. The van der Waals surface area contributed by atoms with E-state index >= 15 is 4.79 Å². The smallest absolute Gasteiger partial charge is 0.330 e. The van der Waals surface area contributed by atoms with Gasteiger partial charge in [-0.25, -0.2) is 28.0 Å². The molecule has 4 aliphatic rings. The molecule has 8 rings (SSSR count). The summed E-state index contributed by atoms with van der Waals surface area (Å²) in [5.74, 6) is -1.67. The molecule has 3 aromatic heterocycles. The van der Waals surface area contributed by atoms with Crippen molar-refractivity contribution in [1.82, 2.24) is 35.1 Å². The van der Waals surface area contributed by atoms with Gasteiger partial charge < -0.3 is 40.7 Å². The number of allylic oxidation sites excluding steroid dienone is 2. The minimum Gasteiger partial charge on any atom is -0.497 e. The number of carboxylic acid groups (broad SMARTS) is 1. The number of ether oxygens (including phenoxy) is 2. The number of aliphatic carboxylic acids is 1. The first-order valence-electron chi connectivity index (χ1n) is 23.3. The number of hydrogen-bond donors (Lipinski definition) is 5. The molecular formula is C48H60N8O9S3. The monoisotopic (exact) mass is 988 g/mol. The summed E-state index contributed by atoms with van der Waals surface area (Å²) in [5.41, 5.74) is 1.65. The summed E-state index contributed by atoms with van der Waals surface area (Å²) in [6.45, 7) is 3.93. The van der Waals surface area contributed by atoms with E-state index in [9.17, 15) is 27.9 Å². The van der Waals surface area contributed by atoms with Crippen LogP contribution >= 0.6 is 22.7 Å². The van der Waals surface area contributed by atoms with Crippen LogP contribution in [0.2, 0.25) is 0 Å². The highest BCUT2D eigenvalue weighted by atomic mass is 32.2. The summed E-state index contributed by atoms with van der Waals surface area (Å²) in [6, 6.07) is 7.71. The van der Waals surface area contributed by atoms with Crippen molar-refractivity contribution in [3.63, 3.8) is 0 Å². The molecule has 2 aliphatic heterocycles. The Morgan fingerprint density at radius 1 is 1.04 bits per heavy atom. The number of sulfonamides is 1. The number of rotatable bonds is 13. The van der Waals surface area contributed by atoms with Gasteiger partial charge in [-0.1, -0.05) is 37.5 Å². The number of carbonyl (C=O) groups is 4. The molecule has 17 nitrogen and oxygen atoms in total. The molecule has 5 atom stereocenters. The van der Waals surface area contributed by atoms with Crippen LogP contribution in [0.25, 0.3) is 22.3 Å². The Balaban J connectivity index is 1.09. The number of hydrogen-bond acceptors (Lipinski definition) is 13. The molecule has 1 unspecified atom stereocenters. The van der Waals surface area contributed by atoms with Gasteiger partial charge >= 0.3 is 12.0 Å². The number of methoxy groups -OCH3 is 1. The van der Waals surface area contributed by atoms with Crippen LogP contribution in [0.1, 0.15) is 90.9 Å². The Kier molecular flexibility index (Phi) is 15.1. The van der Waals surface area contributed by atoms with Gasteiger partial charge in [0, 0.05) is 54.0 Å². The van der Waals surface area contributed by atoms with Crippen LogP contribution in [-0.2, 0) is 24.4 Å². The molecule has 2 saturated carbocycles. The van der Waals surface area contributed by atoms with Crippen LogP contribution in [0.4, 0.5) is 9.93 Å². The number of likely N-dealkylation sites (N-methyl/N-ethyl adjacent to an activating group) is 1. The molecule has 0 radical (unpaired) electrons. The predicted octanol–water partition coefficient (Wildman–Crippen LogP) is 7.28. The average Bonchev–Trinajstić information content (AvgIpc) is 3.79. The van der Waals surface area contributed by atoms with E-state index in [4.69, 9.17) is 19.4 Å². The van der Waals surface area contributed by atoms with Crippen molar-refractivity contribution in [2.24, 2.45) is 5.92 Å². The highest BCUT2D eigenvalue weighted by Crippen LogP contribution is 2.46. The lowest BCUT2D eigenvalue weighted by atomic mass is 9.93. The second-order valence-corrected chi connectivity index (χ2v) is 22.4. The number of thiazole rings is 1. The van der Waals surface area contributed by atoms with Crippen LogP contribution in [0.3, 0.4) is 0 Å². The number of anilines is 1. The fourth-order valence-corrected chi connectivity index (χ4v) is 12.5. The number of aromatic nitrogens is 2. The van der Waals surface area contributed by atoms with Crippen molar-refractivity contribution in [1.29, 1.82) is 0 Å². The maximum atomic E-state index is 15.1. The molecule has 0 spiro atoms. The summed E-state index contributed by atoms with van der Waals surface area (Å²) in [5, 5.41) is 27.5. The molecule has 5 N–H and O–H groups in total. The van der Waals surface area contributed by atoms with Crippen molar-refractivity contribution < 1.29 is 42.2 Å². The average molecular weight is 989 g/mol. The van der Waals surface area contributed by atoms with Crippen molar-refractivity contribution in [3.8, 4) is 22.9 Å². The van der Waals surface area contributed by atoms with Crippen LogP contribution in [0.5, 0.6) is 11.5 Å². The lowest BCUT2D eigenvalue weighted by molar-refractivity contribution is -0.145. The molecule has 1 saturated heterocycles. The minimum atomic E-state index is -3.84. The maximum absolute atomic E-state index is 15.1. The standard InChI is InChI=1S/C48H60N8O9S3/c1-29(2)49-47-53-39(28-67-47)37-24-41(34-20-19-32(64-4)22-36(34)50-37)65-33-23-40-43(57)54-48(45(59)60)25-31(48)16-11-6-5-7-12-17-35(44(58)56(40)26-33)51-46(61)52-38(30-14-9-8-10-15-30)27-55(3)68(62,63)42-18-13-21-66-42/h11,13,16,18-22,24,28-29,31,33,35,40H,5-10,12,14-15,17,23,25-27H2,1-4H3,(H,49,53)(H,54,57)(H,59,60)(H2,51,52,61)/b16-11-/t31?,33-,35+,40+,48-/m1/s1. The third kappa shape index (κ3) is 11.0. The number of pyridine rings is 1. The number of carbonyl (C=O) groups excluding carboxylic acids is 3. The van der Waals surface area contributed by atoms with E-state index in [1.54, 1.807) is 42.8 Å². The molecule has 4 aromatic rings. The van der Waals surface area contributed by atoms with Gasteiger partial charge in [0.1, 0.15) is 45.1 Å². The van der Waals surface area contributed by atoms with Crippen molar-refractivity contribution in [3.05, 3.63) is 70.6 Å². The zero-order valence-corrected chi connectivity index (χ0v) is 41.2. The van der Waals surface area contributed by atoms with E-state index in [0.29, 0.717) is 65.2 Å². The molecule has 0 bridgehead atoms. The summed E-state index contributed by atoms with van der Waals surface area (Å²) < 4.78 is 40.8. The van der Waals surface area contributed by atoms with E-state index in [1.807, 2.05) is 37.4 Å². The van der Waals surface area contributed by atoms with Crippen LogP contribution in [-0.4, -0.2) is 114 Å². The Bertz CT molecular complexity index is 2680. The zero-order valence-electron chi connectivity index (χ0n) is 38.8. The third-order valence-electron chi connectivity index (χ3n) is 13.1. The number of amides is 4. The maximum Gasteiger partial charge on any atom is 0.330 e. The van der Waals surface area contributed by atoms with Gasteiger partial charge in [-0.05, 0) is 94.4 Å². The van der Waals surface area contributed by atoms with Crippen LogP contribution in [0.15, 0.2) is 74.8 Å². The molecule has 364 valence electrons. The highest BCUT2D eigenvalue weighted by Gasteiger charge is 2.61. The molecule has 3 fully saturated rings. The minimum absolute atomic E-state index is 0.0302. The fourth-order valence-electron chi connectivity index (χ4n) is 9.29. The molecule has 68 heavy (non-hydrogen) atoms. The first-order valence-corrected chi connectivity index (χ1v) is 26.5. The van der Waals surface area contributed by atoms with Gasteiger partial charge in [0.05, 0.1) is 31.4 Å². The second-order valence-electron chi connectivity index (χ2n) is 18.3. The van der Waals surface area contributed by atoms with Gasteiger partial charge in [-0.2, -0.15) is 4.31 Å². The van der Waals surface area contributed by atoms with Crippen LogP contribution < -0.4 is 30.7 Å². The lowest BCUT2D eigenvalue weighted by Crippen LogP contribution is -2.57. The van der Waals surface area contributed by atoms with Gasteiger partial charge in [0.2, 0.25) is 11.8 Å². The van der Waals surface area contributed by atoms with E-state index in [0.717, 1.165) is 54.1 Å². The summed E-state index contributed by atoms with van der Waals surface area (Å²) in [6.07, 6.45) is 10.6. The number of fused-ring (bicyclic) bond motifs is 3. The molecule has 4 amide bonds. The molecule has 20 heteroatoms. The van der Waals surface area contributed by atoms with Gasteiger partial charge in [-0.15, -0.1) is 22.7 Å². The first-order chi connectivity index (χ1) is 32.6. The first kappa shape index (κ1) is 48.9. The normalized spacial score (nSPS) is 24.0. The van der Waals surface area contributed by atoms with Gasteiger partial charge in [0.15, 0.2) is 5.13 Å². The summed E-state index contributed by atoms with van der Waals surface area (Å²) in [7, 11) is -0.787. The molecule has 2 aliphatic carbocycles.